The van der Waals surface area contributed by atoms with Gasteiger partial charge in [0.05, 0.1) is 6.10 Å². The molecule has 0 aromatic heterocycles. The first-order chi connectivity index (χ1) is 9.97. The van der Waals surface area contributed by atoms with E-state index in [2.05, 4.69) is 0 Å². The molecular weight excluding hydrogens is 312 g/mol. The Morgan fingerprint density at radius 1 is 1.14 bits per heavy atom. The summed E-state index contributed by atoms with van der Waals surface area (Å²) in [6.07, 6.45) is -1.12. The van der Waals surface area contributed by atoms with Crippen LogP contribution in [0.4, 0.5) is 4.39 Å². The summed E-state index contributed by atoms with van der Waals surface area (Å²) in [6, 6.07) is 9.93. The fraction of sp³-hybridized carbons (Fsp3) is 0.250. The predicted octanol–water partition coefficient (Wildman–Crippen LogP) is 4.22. The second-order valence-electron chi connectivity index (χ2n) is 4.90. The monoisotopic (exact) mass is 327 g/mol. The minimum absolute atomic E-state index is 0.0952. The van der Waals surface area contributed by atoms with Crippen molar-refractivity contribution in [2.45, 2.75) is 18.9 Å². The van der Waals surface area contributed by atoms with Crippen molar-refractivity contribution in [1.29, 1.82) is 0 Å². The van der Waals surface area contributed by atoms with Crippen LogP contribution >= 0.6 is 23.2 Å². The van der Waals surface area contributed by atoms with Gasteiger partial charge in [0.1, 0.15) is 5.82 Å². The van der Waals surface area contributed by atoms with E-state index >= 15 is 0 Å². The van der Waals surface area contributed by atoms with Crippen molar-refractivity contribution in [1.82, 2.24) is 0 Å². The minimum Gasteiger partial charge on any atom is -0.388 e. The van der Waals surface area contributed by atoms with Crippen LogP contribution in [0.5, 0.6) is 0 Å². The summed E-state index contributed by atoms with van der Waals surface area (Å²) in [6.45, 7) is 1.74. The van der Waals surface area contributed by atoms with Gasteiger partial charge >= 0.3 is 0 Å². The first kappa shape index (κ1) is 16.2. The third-order valence-corrected chi connectivity index (χ3v) is 4.21. The number of aryl methyl sites for hydroxylation is 1. The molecule has 2 atom stereocenters. The summed E-state index contributed by atoms with van der Waals surface area (Å²) in [5, 5.41) is 11.4. The zero-order valence-corrected chi connectivity index (χ0v) is 13.0. The Bertz CT molecular complexity index is 628. The van der Waals surface area contributed by atoms with Crippen LogP contribution in [0.3, 0.4) is 0 Å². The van der Waals surface area contributed by atoms with Crippen LogP contribution in [0.15, 0.2) is 36.4 Å². The predicted molar refractivity (Wildman–Crippen MR) is 84.4 cm³/mol. The smallest absolute Gasteiger partial charge is 0.131 e. The minimum atomic E-state index is -1.12. The van der Waals surface area contributed by atoms with E-state index in [1.54, 1.807) is 43.3 Å². The molecule has 112 valence electrons. The number of aliphatic hydroxyl groups excluding tert-OH is 1. The van der Waals surface area contributed by atoms with E-state index in [0.717, 1.165) is 0 Å². The Morgan fingerprint density at radius 2 is 1.71 bits per heavy atom. The molecule has 0 spiro atoms. The number of rotatable bonds is 4. The second-order valence-corrected chi connectivity index (χ2v) is 5.71. The molecule has 3 N–H and O–H groups in total. The van der Waals surface area contributed by atoms with Gasteiger partial charge in [-0.05, 0) is 30.2 Å². The Kier molecular flexibility index (Phi) is 5.22. The van der Waals surface area contributed by atoms with Crippen LogP contribution in [0.25, 0.3) is 0 Å². The van der Waals surface area contributed by atoms with Gasteiger partial charge in [0.25, 0.3) is 0 Å². The maximum absolute atomic E-state index is 14.2. The lowest BCUT2D eigenvalue weighted by atomic mass is 9.88. The molecular formula is C16H16Cl2FNO. The van der Waals surface area contributed by atoms with E-state index in [0.29, 0.717) is 21.2 Å². The van der Waals surface area contributed by atoms with Crippen LogP contribution in [0.1, 0.15) is 28.7 Å². The first-order valence-corrected chi connectivity index (χ1v) is 7.30. The summed E-state index contributed by atoms with van der Waals surface area (Å²) in [5.41, 5.74) is 6.97. The van der Waals surface area contributed by atoms with E-state index < -0.39 is 17.8 Å². The molecule has 21 heavy (non-hydrogen) atoms. The Balaban J connectivity index is 2.48. The second kappa shape index (κ2) is 6.75. The van der Waals surface area contributed by atoms with Crippen molar-refractivity contribution in [2.75, 3.05) is 6.54 Å². The maximum atomic E-state index is 14.2. The van der Waals surface area contributed by atoms with Gasteiger partial charge in [-0.25, -0.2) is 4.39 Å². The van der Waals surface area contributed by atoms with Crippen LogP contribution in [-0.4, -0.2) is 11.7 Å². The van der Waals surface area contributed by atoms with Gasteiger partial charge in [0, 0.05) is 28.1 Å². The molecule has 5 heteroatoms. The zero-order valence-electron chi connectivity index (χ0n) is 11.5. The number of hydrogen-bond acceptors (Lipinski definition) is 2. The van der Waals surface area contributed by atoms with Crippen molar-refractivity contribution < 1.29 is 9.50 Å². The summed E-state index contributed by atoms with van der Waals surface area (Å²) < 4.78 is 14.2. The van der Waals surface area contributed by atoms with Gasteiger partial charge in [0.15, 0.2) is 0 Å². The van der Waals surface area contributed by atoms with E-state index in [1.165, 1.54) is 0 Å². The lowest BCUT2D eigenvalue weighted by molar-refractivity contribution is 0.143. The Morgan fingerprint density at radius 3 is 2.29 bits per heavy atom. The molecule has 0 fully saturated rings. The Hall–Kier alpha value is -1.13. The standard InChI is InChI=1S/C16H16Cl2FNO/c1-9-4-2-5-10(15(9)19)16(21)11(8-20)14-12(17)6-3-7-13(14)18/h2-7,11,16,21H,8,20H2,1H3. The van der Waals surface area contributed by atoms with Gasteiger partial charge in [-0.1, -0.05) is 47.5 Å². The lowest BCUT2D eigenvalue weighted by Gasteiger charge is -2.25. The summed E-state index contributed by atoms with van der Waals surface area (Å²) in [5.74, 6) is -1.02. The molecule has 0 heterocycles. The molecule has 0 bridgehead atoms. The van der Waals surface area contributed by atoms with Crippen molar-refractivity contribution in [3.8, 4) is 0 Å². The number of nitrogens with two attached hydrogens (primary N) is 1. The zero-order chi connectivity index (χ0) is 15.6. The molecule has 0 aliphatic rings. The van der Waals surface area contributed by atoms with Gasteiger partial charge in [-0.3, -0.25) is 0 Å². The van der Waals surface area contributed by atoms with Crippen molar-refractivity contribution in [3.05, 3.63) is 69.0 Å². The van der Waals surface area contributed by atoms with E-state index in [-0.39, 0.29) is 12.1 Å². The quantitative estimate of drug-likeness (QED) is 0.883. The first-order valence-electron chi connectivity index (χ1n) is 6.54. The fourth-order valence-corrected chi connectivity index (χ4v) is 3.06. The topological polar surface area (TPSA) is 46.2 Å². The summed E-state index contributed by atoms with van der Waals surface area (Å²) in [4.78, 5) is 0. The van der Waals surface area contributed by atoms with E-state index in [1.807, 2.05) is 0 Å². The number of benzene rings is 2. The molecule has 0 saturated heterocycles. The normalized spacial score (nSPS) is 14.0. The molecule has 2 aromatic rings. The average molecular weight is 328 g/mol. The molecule has 2 aromatic carbocycles. The number of hydrogen-bond donors (Lipinski definition) is 2. The third kappa shape index (κ3) is 3.22. The highest BCUT2D eigenvalue weighted by molar-refractivity contribution is 6.36. The number of aliphatic hydroxyl groups is 1. The van der Waals surface area contributed by atoms with Crippen LogP contribution in [-0.2, 0) is 0 Å². The van der Waals surface area contributed by atoms with Crippen LogP contribution in [0.2, 0.25) is 10.0 Å². The molecule has 2 unspecified atom stereocenters. The highest BCUT2D eigenvalue weighted by Crippen LogP contribution is 2.39. The highest BCUT2D eigenvalue weighted by atomic mass is 35.5. The van der Waals surface area contributed by atoms with Crippen LogP contribution in [0, 0.1) is 12.7 Å². The van der Waals surface area contributed by atoms with Gasteiger partial charge in [-0.2, -0.15) is 0 Å². The maximum Gasteiger partial charge on any atom is 0.131 e. The molecule has 0 aliphatic heterocycles. The Labute approximate surface area is 133 Å². The largest absolute Gasteiger partial charge is 0.388 e. The van der Waals surface area contributed by atoms with E-state index in [9.17, 15) is 9.50 Å². The molecule has 2 rings (SSSR count). The van der Waals surface area contributed by atoms with Gasteiger partial charge in [0.2, 0.25) is 0 Å². The molecule has 0 radical (unpaired) electrons. The summed E-state index contributed by atoms with van der Waals surface area (Å²) >= 11 is 12.3. The highest BCUT2D eigenvalue weighted by Gasteiger charge is 2.27. The van der Waals surface area contributed by atoms with Crippen molar-refractivity contribution in [2.24, 2.45) is 5.73 Å². The average Bonchev–Trinajstić information content (AvgIpc) is 2.45. The summed E-state index contributed by atoms with van der Waals surface area (Å²) in [7, 11) is 0. The van der Waals surface area contributed by atoms with Gasteiger partial charge in [-0.15, -0.1) is 0 Å². The fourth-order valence-electron chi connectivity index (χ4n) is 2.38. The number of halogens is 3. The van der Waals surface area contributed by atoms with Crippen LogP contribution < -0.4 is 5.73 Å². The van der Waals surface area contributed by atoms with Gasteiger partial charge < -0.3 is 10.8 Å². The molecule has 2 nitrogen and oxygen atoms in total. The van der Waals surface area contributed by atoms with Crippen molar-refractivity contribution in [3.63, 3.8) is 0 Å². The third-order valence-electron chi connectivity index (χ3n) is 3.55. The molecule has 0 aliphatic carbocycles. The lowest BCUT2D eigenvalue weighted by Crippen LogP contribution is -2.22. The molecule has 0 saturated carbocycles. The van der Waals surface area contributed by atoms with E-state index in [4.69, 9.17) is 28.9 Å². The molecule has 0 amide bonds. The SMILES string of the molecule is Cc1cccc(C(O)C(CN)c2c(Cl)cccc2Cl)c1F. The van der Waals surface area contributed by atoms with Crippen molar-refractivity contribution >= 4 is 23.2 Å².